The van der Waals surface area contributed by atoms with Gasteiger partial charge in [-0.2, -0.15) is 5.26 Å². The highest BCUT2D eigenvalue weighted by Crippen LogP contribution is 2.14. The SMILES string of the molecule is Cc1ccccc1NC(=S)NNC(=O)[C@H](C)Oc1ccc(C#N)cc1. The Morgan fingerprint density at radius 3 is 2.48 bits per heavy atom. The van der Waals surface area contributed by atoms with Crippen molar-refractivity contribution in [2.75, 3.05) is 5.32 Å². The second kappa shape index (κ2) is 8.66. The van der Waals surface area contributed by atoms with E-state index in [0.717, 1.165) is 11.3 Å². The van der Waals surface area contributed by atoms with Gasteiger partial charge in [-0.3, -0.25) is 15.6 Å². The van der Waals surface area contributed by atoms with Gasteiger partial charge in [0.05, 0.1) is 11.6 Å². The maximum Gasteiger partial charge on any atom is 0.279 e. The average Bonchev–Trinajstić information content (AvgIpc) is 2.62. The molecule has 7 heteroatoms. The van der Waals surface area contributed by atoms with E-state index in [0.29, 0.717) is 11.3 Å². The summed E-state index contributed by atoms with van der Waals surface area (Å²) < 4.78 is 5.52. The lowest BCUT2D eigenvalue weighted by atomic mass is 10.2. The van der Waals surface area contributed by atoms with Crippen LogP contribution < -0.4 is 20.9 Å². The second-order valence-corrected chi connectivity index (χ2v) is 5.69. The Kier molecular flexibility index (Phi) is 6.32. The molecule has 3 N–H and O–H groups in total. The number of ether oxygens (including phenoxy) is 1. The molecule has 0 spiro atoms. The predicted octanol–water partition coefficient (Wildman–Crippen LogP) is 2.65. The Bertz CT molecular complexity index is 799. The topological polar surface area (TPSA) is 86.2 Å². The number of anilines is 1. The van der Waals surface area contributed by atoms with Crippen LogP contribution in [0.1, 0.15) is 18.1 Å². The number of hydrogen-bond donors (Lipinski definition) is 3. The molecule has 2 rings (SSSR count). The van der Waals surface area contributed by atoms with Crippen LogP contribution in [0.2, 0.25) is 0 Å². The maximum atomic E-state index is 12.1. The van der Waals surface area contributed by atoms with Gasteiger partial charge < -0.3 is 10.1 Å². The van der Waals surface area contributed by atoms with Crippen molar-refractivity contribution >= 4 is 28.9 Å². The van der Waals surface area contributed by atoms with Crippen molar-refractivity contribution in [3.05, 3.63) is 59.7 Å². The molecular weight excluding hydrogens is 336 g/mol. The highest BCUT2D eigenvalue weighted by molar-refractivity contribution is 7.80. The summed E-state index contributed by atoms with van der Waals surface area (Å²) in [6.07, 6.45) is -0.735. The van der Waals surface area contributed by atoms with Gasteiger partial charge in [-0.05, 0) is 62.0 Å². The molecular formula is C18H18N4O2S. The third-order valence-electron chi connectivity index (χ3n) is 3.36. The van der Waals surface area contributed by atoms with Crippen LogP contribution in [0.25, 0.3) is 0 Å². The number of hydrazine groups is 1. The summed E-state index contributed by atoms with van der Waals surface area (Å²) >= 11 is 5.15. The van der Waals surface area contributed by atoms with Crippen LogP contribution in [0.4, 0.5) is 5.69 Å². The summed E-state index contributed by atoms with van der Waals surface area (Å²) in [5, 5.41) is 12.0. The van der Waals surface area contributed by atoms with Crippen molar-refractivity contribution in [3.63, 3.8) is 0 Å². The largest absolute Gasteiger partial charge is 0.481 e. The van der Waals surface area contributed by atoms with Crippen LogP contribution >= 0.6 is 12.2 Å². The van der Waals surface area contributed by atoms with Crippen molar-refractivity contribution in [1.82, 2.24) is 10.9 Å². The van der Waals surface area contributed by atoms with Crippen molar-refractivity contribution in [2.24, 2.45) is 0 Å². The van der Waals surface area contributed by atoms with Gasteiger partial charge in [0.2, 0.25) is 0 Å². The molecule has 0 bridgehead atoms. The number of thiocarbonyl (C=S) groups is 1. The fraction of sp³-hybridized carbons (Fsp3) is 0.167. The van der Waals surface area contributed by atoms with Crippen LogP contribution in [-0.4, -0.2) is 17.1 Å². The first kappa shape index (κ1) is 18.2. The molecule has 0 aromatic heterocycles. The number of aryl methyl sites for hydroxylation is 1. The van der Waals surface area contributed by atoms with Crippen LogP contribution in [-0.2, 0) is 4.79 Å². The van der Waals surface area contributed by atoms with Crippen LogP contribution in [0.3, 0.4) is 0 Å². The smallest absolute Gasteiger partial charge is 0.279 e. The first-order chi connectivity index (χ1) is 12.0. The Labute approximate surface area is 151 Å². The maximum absolute atomic E-state index is 12.1. The molecule has 0 saturated heterocycles. The van der Waals surface area contributed by atoms with Gasteiger partial charge in [0.25, 0.3) is 5.91 Å². The fourth-order valence-electron chi connectivity index (χ4n) is 1.95. The van der Waals surface area contributed by atoms with Crippen LogP contribution in [0, 0.1) is 18.3 Å². The van der Waals surface area contributed by atoms with Gasteiger partial charge in [-0.1, -0.05) is 18.2 Å². The lowest BCUT2D eigenvalue weighted by Crippen LogP contribution is -2.48. The van der Waals surface area contributed by atoms with Gasteiger partial charge in [0.1, 0.15) is 5.75 Å². The minimum absolute atomic E-state index is 0.272. The monoisotopic (exact) mass is 354 g/mol. The van der Waals surface area contributed by atoms with E-state index in [2.05, 4.69) is 16.2 Å². The van der Waals surface area contributed by atoms with Gasteiger partial charge >= 0.3 is 0 Å². The standard InChI is InChI=1S/C18H18N4O2S/c1-12-5-3-4-6-16(12)20-18(25)22-21-17(23)13(2)24-15-9-7-14(11-19)8-10-15/h3-10,13H,1-2H3,(H,21,23)(H2,20,22,25)/t13-/m0/s1. The van der Waals surface area contributed by atoms with E-state index >= 15 is 0 Å². The molecule has 0 unspecified atom stereocenters. The number of hydrogen-bond acceptors (Lipinski definition) is 4. The number of nitrogens with zero attached hydrogens (tertiary/aromatic N) is 1. The Balaban J connectivity index is 1.81. The summed E-state index contributed by atoms with van der Waals surface area (Å²) in [7, 11) is 0. The van der Waals surface area contributed by atoms with Crippen molar-refractivity contribution < 1.29 is 9.53 Å². The lowest BCUT2D eigenvalue weighted by molar-refractivity contribution is -0.127. The first-order valence-corrected chi connectivity index (χ1v) is 7.99. The van der Waals surface area contributed by atoms with E-state index in [-0.39, 0.29) is 11.0 Å². The minimum Gasteiger partial charge on any atom is -0.481 e. The highest BCUT2D eigenvalue weighted by Gasteiger charge is 2.14. The molecule has 1 atom stereocenters. The summed E-state index contributed by atoms with van der Waals surface area (Å²) in [5.74, 6) is 0.126. The Morgan fingerprint density at radius 2 is 1.84 bits per heavy atom. The number of carbonyl (C=O) groups excluding carboxylic acids is 1. The molecule has 128 valence electrons. The second-order valence-electron chi connectivity index (χ2n) is 5.28. The van der Waals surface area contributed by atoms with Gasteiger partial charge in [0.15, 0.2) is 11.2 Å². The zero-order valence-corrected chi connectivity index (χ0v) is 14.7. The molecule has 0 heterocycles. The van der Waals surface area contributed by atoms with Gasteiger partial charge in [-0.15, -0.1) is 0 Å². The number of para-hydroxylation sites is 1. The molecule has 0 radical (unpaired) electrons. The van der Waals surface area contributed by atoms with Crippen molar-refractivity contribution in [2.45, 2.75) is 20.0 Å². The number of rotatable bonds is 4. The van der Waals surface area contributed by atoms with Crippen LogP contribution in [0.15, 0.2) is 48.5 Å². The minimum atomic E-state index is -0.735. The van der Waals surface area contributed by atoms with E-state index in [1.54, 1.807) is 31.2 Å². The number of nitrogens with one attached hydrogen (secondary N) is 3. The molecule has 2 aromatic rings. The number of nitriles is 1. The van der Waals surface area contributed by atoms with Crippen LogP contribution in [0.5, 0.6) is 5.75 Å². The first-order valence-electron chi connectivity index (χ1n) is 7.59. The number of benzene rings is 2. The molecule has 0 aliphatic heterocycles. The molecule has 0 aliphatic rings. The molecule has 6 nitrogen and oxygen atoms in total. The Hall–Kier alpha value is -3.11. The normalized spacial score (nSPS) is 10.9. The highest BCUT2D eigenvalue weighted by atomic mass is 32.1. The van der Waals surface area contributed by atoms with E-state index in [9.17, 15) is 4.79 Å². The van der Waals surface area contributed by atoms with E-state index in [4.69, 9.17) is 22.2 Å². The summed E-state index contributed by atoms with van der Waals surface area (Å²) in [4.78, 5) is 12.1. The molecule has 0 aliphatic carbocycles. The summed E-state index contributed by atoms with van der Waals surface area (Å²) in [6, 6.07) is 16.2. The average molecular weight is 354 g/mol. The summed E-state index contributed by atoms with van der Waals surface area (Å²) in [6.45, 7) is 3.57. The predicted molar refractivity (Wildman–Crippen MR) is 99.9 cm³/mol. The van der Waals surface area contributed by atoms with E-state index in [1.807, 2.05) is 37.3 Å². The number of amides is 1. The lowest BCUT2D eigenvalue weighted by Gasteiger charge is -2.17. The van der Waals surface area contributed by atoms with Crippen molar-refractivity contribution in [1.29, 1.82) is 5.26 Å². The molecule has 0 saturated carbocycles. The molecule has 25 heavy (non-hydrogen) atoms. The quantitative estimate of drug-likeness (QED) is 0.578. The zero-order chi connectivity index (χ0) is 18.2. The van der Waals surface area contributed by atoms with Crippen molar-refractivity contribution in [3.8, 4) is 11.8 Å². The third-order valence-corrected chi connectivity index (χ3v) is 3.56. The van der Waals surface area contributed by atoms with Gasteiger partial charge in [0, 0.05) is 5.69 Å². The van der Waals surface area contributed by atoms with E-state index < -0.39 is 6.10 Å². The number of carbonyl (C=O) groups is 1. The van der Waals surface area contributed by atoms with Gasteiger partial charge in [-0.25, -0.2) is 0 Å². The molecule has 0 fully saturated rings. The summed E-state index contributed by atoms with van der Waals surface area (Å²) in [5.41, 5.74) is 7.56. The third kappa shape index (κ3) is 5.48. The van der Waals surface area contributed by atoms with E-state index in [1.165, 1.54) is 0 Å². The zero-order valence-electron chi connectivity index (χ0n) is 13.9. The Morgan fingerprint density at radius 1 is 1.16 bits per heavy atom. The molecule has 2 aromatic carbocycles. The molecule has 1 amide bonds. The fourth-order valence-corrected chi connectivity index (χ4v) is 2.11.